The van der Waals surface area contributed by atoms with Crippen LogP contribution in [0.4, 0.5) is 0 Å². The molecule has 1 aliphatic rings. The van der Waals surface area contributed by atoms with Crippen LogP contribution in [0.2, 0.25) is 0 Å². The number of hydrogen-bond acceptors (Lipinski definition) is 2. The lowest BCUT2D eigenvalue weighted by molar-refractivity contribution is 0.202. The lowest BCUT2D eigenvalue weighted by atomic mass is 9.91. The van der Waals surface area contributed by atoms with Gasteiger partial charge >= 0.3 is 0 Å². The van der Waals surface area contributed by atoms with Crippen LogP contribution >= 0.6 is 0 Å². The van der Waals surface area contributed by atoms with Crippen molar-refractivity contribution in [3.05, 3.63) is 11.8 Å². The van der Waals surface area contributed by atoms with Crippen LogP contribution in [-0.4, -0.2) is 12.6 Å². The molecule has 2 N–H and O–H groups in total. The summed E-state index contributed by atoms with van der Waals surface area (Å²) in [5, 5.41) is 0. The van der Waals surface area contributed by atoms with Gasteiger partial charge in [0.25, 0.3) is 0 Å². The minimum atomic E-state index is 0.133. The first kappa shape index (κ1) is 11.6. The molecule has 2 unspecified atom stereocenters. The van der Waals surface area contributed by atoms with Gasteiger partial charge in [0.2, 0.25) is 0 Å². The second kappa shape index (κ2) is 6.07. The molecular formula is C12H23NO. The standard InChI is InChI=1S/C12H23NO/c1-3-5-7-10(4-2)12(13)11-8-6-9-14-11/h8,10,12H,3-7,9,13H2,1-2H3. The Hall–Kier alpha value is -0.500. The Morgan fingerprint density at radius 3 is 2.79 bits per heavy atom. The highest BCUT2D eigenvalue weighted by Crippen LogP contribution is 2.23. The molecule has 0 aliphatic carbocycles. The maximum Gasteiger partial charge on any atom is 0.109 e. The van der Waals surface area contributed by atoms with Crippen LogP contribution in [0.1, 0.15) is 46.0 Å². The monoisotopic (exact) mass is 197 g/mol. The molecule has 0 aromatic heterocycles. The quantitative estimate of drug-likeness (QED) is 0.710. The van der Waals surface area contributed by atoms with Gasteiger partial charge in [-0.2, -0.15) is 0 Å². The average Bonchev–Trinajstić information content (AvgIpc) is 2.71. The van der Waals surface area contributed by atoms with E-state index in [4.69, 9.17) is 10.5 Å². The predicted octanol–water partition coefficient (Wildman–Crippen LogP) is 2.83. The van der Waals surface area contributed by atoms with Crippen molar-refractivity contribution in [1.29, 1.82) is 0 Å². The van der Waals surface area contributed by atoms with Crippen molar-refractivity contribution in [2.45, 2.75) is 52.0 Å². The number of hydrogen-bond donors (Lipinski definition) is 1. The molecule has 14 heavy (non-hydrogen) atoms. The first-order valence-corrected chi connectivity index (χ1v) is 5.88. The van der Waals surface area contributed by atoms with Crippen molar-refractivity contribution in [1.82, 2.24) is 0 Å². The molecule has 82 valence electrons. The molecule has 0 saturated carbocycles. The Balaban J connectivity index is 2.41. The van der Waals surface area contributed by atoms with Crippen molar-refractivity contribution < 1.29 is 4.74 Å². The number of rotatable bonds is 6. The van der Waals surface area contributed by atoms with Gasteiger partial charge in [0.05, 0.1) is 12.6 Å². The van der Waals surface area contributed by atoms with Crippen molar-refractivity contribution in [3.63, 3.8) is 0 Å². The Bertz CT molecular complexity index is 189. The Kier molecular flexibility index (Phi) is 5.02. The molecule has 0 spiro atoms. The van der Waals surface area contributed by atoms with Gasteiger partial charge in [0.15, 0.2) is 0 Å². The van der Waals surface area contributed by atoms with Crippen LogP contribution < -0.4 is 5.73 Å². The topological polar surface area (TPSA) is 35.2 Å². The third-order valence-electron chi connectivity index (χ3n) is 3.02. The van der Waals surface area contributed by atoms with Gasteiger partial charge in [-0.25, -0.2) is 0 Å². The van der Waals surface area contributed by atoms with E-state index < -0.39 is 0 Å². The largest absolute Gasteiger partial charge is 0.496 e. The highest BCUT2D eigenvalue weighted by atomic mass is 16.5. The van der Waals surface area contributed by atoms with Gasteiger partial charge in [-0.1, -0.05) is 33.1 Å². The highest BCUT2D eigenvalue weighted by molar-refractivity contribution is 5.07. The molecule has 2 heteroatoms. The van der Waals surface area contributed by atoms with E-state index in [2.05, 4.69) is 19.9 Å². The van der Waals surface area contributed by atoms with E-state index in [1.807, 2.05) is 0 Å². The fourth-order valence-electron chi connectivity index (χ4n) is 2.01. The number of nitrogens with two attached hydrogens (primary N) is 1. The Morgan fingerprint density at radius 1 is 1.50 bits per heavy atom. The Morgan fingerprint density at radius 2 is 2.29 bits per heavy atom. The van der Waals surface area contributed by atoms with Gasteiger partial charge in [0, 0.05) is 6.42 Å². The third kappa shape index (κ3) is 3.02. The average molecular weight is 197 g/mol. The highest BCUT2D eigenvalue weighted by Gasteiger charge is 2.22. The van der Waals surface area contributed by atoms with E-state index in [0.29, 0.717) is 5.92 Å². The second-order valence-electron chi connectivity index (χ2n) is 4.08. The smallest absolute Gasteiger partial charge is 0.109 e. The fraction of sp³-hybridized carbons (Fsp3) is 0.833. The molecule has 0 amide bonds. The normalized spacial score (nSPS) is 20.1. The minimum Gasteiger partial charge on any atom is -0.496 e. The van der Waals surface area contributed by atoms with Crippen molar-refractivity contribution >= 4 is 0 Å². The second-order valence-corrected chi connectivity index (χ2v) is 4.08. The van der Waals surface area contributed by atoms with Crippen LogP contribution in [0.15, 0.2) is 11.8 Å². The van der Waals surface area contributed by atoms with Crippen LogP contribution in [0.5, 0.6) is 0 Å². The van der Waals surface area contributed by atoms with Gasteiger partial charge in [-0.05, 0) is 18.4 Å². The zero-order valence-electron chi connectivity index (χ0n) is 9.46. The van der Waals surface area contributed by atoms with E-state index in [1.165, 1.54) is 19.3 Å². The van der Waals surface area contributed by atoms with Crippen molar-refractivity contribution in [2.24, 2.45) is 11.7 Å². The van der Waals surface area contributed by atoms with Gasteiger partial charge in [-0.15, -0.1) is 0 Å². The molecular weight excluding hydrogens is 174 g/mol. The SMILES string of the molecule is CCCCC(CC)C(N)C1=CCCO1. The first-order chi connectivity index (χ1) is 6.79. The maximum absolute atomic E-state index is 6.18. The van der Waals surface area contributed by atoms with Crippen LogP contribution in [0.25, 0.3) is 0 Å². The number of ether oxygens (including phenoxy) is 1. The van der Waals surface area contributed by atoms with Gasteiger partial charge in [-0.3, -0.25) is 0 Å². The van der Waals surface area contributed by atoms with Gasteiger partial charge in [0.1, 0.15) is 5.76 Å². The first-order valence-electron chi connectivity index (χ1n) is 5.88. The molecule has 0 fully saturated rings. The summed E-state index contributed by atoms with van der Waals surface area (Å²) in [5.41, 5.74) is 6.18. The molecule has 2 nitrogen and oxygen atoms in total. The lowest BCUT2D eigenvalue weighted by Gasteiger charge is -2.23. The van der Waals surface area contributed by atoms with Crippen molar-refractivity contribution in [3.8, 4) is 0 Å². The summed E-state index contributed by atoms with van der Waals surface area (Å²) in [5.74, 6) is 1.63. The predicted molar refractivity (Wildman–Crippen MR) is 59.9 cm³/mol. The van der Waals surface area contributed by atoms with E-state index >= 15 is 0 Å². The molecule has 1 rings (SSSR count). The molecule has 1 heterocycles. The zero-order chi connectivity index (χ0) is 10.4. The summed E-state index contributed by atoms with van der Waals surface area (Å²) in [6.07, 6.45) is 8.10. The lowest BCUT2D eigenvalue weighted by Crippen LogP contribution is -2.32. The summed E-state index contributed by atoms with van der Waals surface area (Å²) < 4.78 is 5.51. The summed E-state index contributed by atoms with van der Waals surface area (Å²) in [6, 6.07) is 0.133. The molecule has 0 aromatic rings. The maximum atomic E-state index is 6.18. The molecule has 0 bridgehead atoms. The van der Waals surface area contributed by atoms with E-state index in [9.17, 15) is 0 Å². The van der Waals surface area contributed by atoms with Crippen LogP contribution in [0.3, 0.4) is 0 Å². The molecule has 0 saturated heterocycles. The number of unbranched alkanes of at least 4 members (excludes halogenated alkanes) is 1. The van der Waals surface area contributed by atoms with Crippen LogP contribution in [-0.2, 0) is 4.74 Å². The van der Waals surface area contributed by atoms with E-state index in [1.54, 1.807) is 0 Å². The zero-order valence-corrected chi connectivity index (χ0v) is 9.46. The Labute approximate surface area is 87.5 Å². The molecule has 2 atom stereocenters. The summed E-state index contributed by atoms with van der Waals surface area (Å²) >= 11 is 0. The van der Waals surface area contributed by atoms with E-state index in [0.717, 1.165) is 25.2 Å². The molecule has 0 radical (unpaired) electrons. The fourth-order valence-corrected chi connectivity index (χ4v) is 2.01. The van der Waals surface area contributed by atoms with Crippen LogP contribution in [0, 0.1) is 5.92 Å². The van der Waals surface area contributed by atoms with Crippen molar-refractivity contribution in [2.75, 3.05) is 6.61 Å². The third-order valence-corrected chi connectivity index (χ3v) is 3.02. The van der Waals surface area contributed by atoms with Gasteiger partial charge < -0.3 is 10.5 Å². The molecule has 0 aromatic carbocycles. The summed E-state index contributed by atoms with van der Waals surface area (Å²) in [6.45, 7) is 5.27. The minimum absolute atomic E-state index is 0.133. The molecule has 1 aliphatic heterocycles. The summed E-state index contributed by atoms with van der Waals surface area (Å²) in [7, 11) is 0. The van der Waals surface area contributed by atoms with E-state index in [-0.39, 0.29) is 6.04 Å². The summed E-state index contributed by atoms with van der Waals surface area (Å²) in [4.78, 5) is 0.